The predicted octanol–water partition coefficient (Wildman–Crippen LogP) is 3.34. The van der Waals surface area contributed by atoms with Crippen LogP contribution in [0.3, 0.4) is 0 Å². The molecule has 1 amide bonds. The molecular formula is C16H19NO3. The van der Waals surface area contributed by atoms with Crippen molar-refractivity contribution in [2.45, 2.75) is 27.7 Å². The van der Waals surface area contributed by atoms with Gasteiger partial charge in [0, 0.05) is 11.0 Å². The molecule has 0 saturated carbocycles. The van der Waals surface area contributed by atoms with E-state index in [2.05, 4.69) is 11.8 Å². The molecule has 0 atom stereocenters. The summed E-state index contributed by atoms with van der Waals surface area (Å²) in [7, 11) is 0. The molecule has 0 fully saturated rings. The Bertz CT molecular complexity index is 574. The number of hydrogen-bond donors (Lipinski definition) is 1. The lowest BCUT2D eigenvalue weighted by atomic mass is 9.98. The first-order valence-electron chi connectivity index (χ1n) is 6.31. The van der Waals surface area contributed by atoms with Gasteiger partial charge in [-0.25, -0.2) is 4.79 Å². The van der Waals surface area contributed by atoms with Crippen LogP contribution in [0.1, 0.15) is 36.7 Å². The minimum atomic E-state index is -1.08. The van der Waals surface area contributed by atoms with Gasteiger partial charge in [-0.1, -0.05) is 24.0 Å². The van der Waals surface area contributed by atoms with E-state index in [4.69, 9.17) is 0 Å². The van der Waals surface area contributed by atoms with Crippen LogP contribution < -0.4 is 4.90 Å². The molecule has 1 aromatic rings. The minimum absolute atomic E-state index is 0.0791. The molecule has 0 bridgehead atoms. The van der Waals surface area contributed by atoms with Gasteiger partial charge in [-0.3, -0.25) is 9.69 Å². The summed E-state index contributed by atoms with van der Waals surface area (Å²) in [5.74, 6) is 5.88. The fourth-order valence-electron chi connectivity index (χ4n) is 1.70. The Morgan fingerprint density at radius 3 is 2.55 bits per heavy atom. The molecule has 4 nitrogen and oxygen atoms in total. The van der Waals surface area contributed by atoms with E-state index in [1.165, 1.54) is 0 Å². The van der Waals surface area contributed by atoms with Crippen molar-refractivity contribution in [1.29, 1.82) is 0 Å². The van der Waals surface area contributed by atoms with E-state index in [0.717, 1.165) is 11.2 Å². The standard InChI is InChI=1S/C16H19NO3/c1-12-13(11-18)7-5-8-14(12)17(15(19)20)10-6-9-16(2,3)4/h5,7-8,11H,10H2,1-4H3,(H,19,20). The van der Waals surface area contributed by atoms with Gasteiger partial charge in [0.05, 0.1) is 12.2 Å². The maximum Gasteiger partial charge on any atom is 0.412 e. The summed E-state index contributed by atoms with van der Waals surface area (Å²) in [6.07, 6.45) is -0.362. The number of rotatable bonds is 3. The van der Waals surface area contributed by atoms with Gasteiger partial charge in [-0.05, 0) is 39.3 Å². The van der Waals surface area contributed by atoms with Gasteiger partial charge < -0.3 is 5.11 Å². The van der Waals surface area contributed by atoms with Crippen LogP contribution in [0.4, 0.5) is 10.5 Å². The summed E-state index contributed by atoms with van der Waals surface area (Å²) in [5, 5.41) is 9.31. The molecule has 4 heteroatoms. The van der Waals surface area contributed by atoms with Crippen LogP contribution in [-0.4, -0.2) is 24.0 Å². The van der Waals surface area contributed by atoms with Crippen molar-refractivity contribution in [2.75, 3.05) is 11.4 Å². The summed E-state index contributed by atoms with van der Waals surface area (Å²) >= 11 is 0. The summed E-state index contributed by atoms with van der Waals surface area (Å²) in [6.45, 7) is 7.69. The highest BCUT2D eigenvalue weighted by atomic mass is 16.4. The van der Waals surface area contributed by atoms with E-state index in [-0.39, 0.29) is 12.0 Å². The first-order valence-corrected chi connectivity index (χ1v) is 6.31. The molecule has 1 N–H and O–H groups in total. The predicted molar refractivity (Wildman–Crippen MR) is 79.2 cm³/mol. The fourth-order valence-corrected chi connectivity index (χ4v) is 1.70. The lowest BCUT2D eigenvalue weighted by Crippen LogP contribution is -2.30. The van der Waals surface area contributed by atoms with E-state index >= 15 is 0 Å². The van der Waals surface area contributed by atoms with Crippen LogP contribution in [0.2, 0.25) is 0 Å². The number of carboxylic acid groups (broad SMARTS) is 1. The van der Waals surface area contributed by atoms with Crippen molar-refractivity contribution in [3.05, 3.63) is 29.3 Å². The quantitative estimate of drug-likeness (QED) is 0.678. The number of aldehydes is 1. The van der Waals surface area contributed by atoms with Crippen molar-refractivity contribution in [2.24, 2.45) is 5.41 Å². The Kier molecular flexibility index (Phi) is 4.93. The number of hydrogen-bond acceptors (Lipinski definition) is 2. The smallest absolute Gasteiger partial charge is 0.412 e. The van der Waals surface area contributed by atoms with Gasteiger partial charge in [0.1, 0.15) is 6.29 Å². The Morgan fingerprint density at radius 2 is 2.05 bits per heavy atom. The van der Waals surface area contributed by atoms with Crippen LogP contribution in [0.15, 0.2) is 18.2 Å². The molecule has 0 spiro atoms. The molecule has 0 aliphatic carbocycles. The lowest BCUT2D eigenvalue weighted by molar-refractivity contribution is 0.112. The van der Waals surface area contributed by atoms with Crippen LogP contribution in [0, 0.1) is 24.2 Å². The second-order valence-corrected chi connectivity index (χ2v) is 5.53. The van der Waals surface area contributed by atoms with Crippen LogP contribution in [0.25, 0.3) is 0 Å². The monoisotopic (exact) mass is 273 g/mol. The van der Waals surface area contributed by atoms with Crippen molar-refractivity contribution in [1.82, 2.24) is 0 Å². The van der Waals surface area contributed by atoms with E-state index in [1.807, 2.05) is 20.8 Å². The third-order valence-corrected chi connectivity index (χ3v) is 2.70. The summed E-state index contributed by atoms with van der Waals surface area (Å²) < 4.78 is 0. The lowest BCUT2D eigenvalue weighted by Gasteiger charge is -2.19. The van der Waals surface area contributed by atoms with Gasteiger partial charge in [0.25, 0.3) is 0 Å². The second kappa shape index (κ2) is 6.25. The summed E-state index contributed by atoms with van der Waals surface area (Å²) in [6, 6.07) is 5.00. The maximum atomic E-state index is 11.4. The fraction of sp³-hybridized carbons (Fsp3) is 0.375. The molecule has 0 aliphatic heterocycles. The van der Waals surface area contributed by atoms with Gasteiger partial charge in [0.15, 0.2) is 0 Å². The Hall–Kier alpha value is -2.28. The Balaban J connectivity index is 3.12. The number of carbonyl (C=O) groups excluding carboxylic acids is 1. The molecule has 0 heterocycles. The zero-order chi connectivity index (χ0) is 15.3. The molecule has 0 radical (unpaired) electrons. The molecular weight excluding hydrogens is 254 g/mol. The van der Waals surface area contributed by atoms with E-state index in [9.17, 15) is 14.7 Å². The normalized spacial score (nSPS) is 10.4. The van der Waals surface area contributed by atoms with Crippen LogP contribution >= 0.6 is 0 Å². The van der Waals surface area contributed by atoms with Gasteiger partial charge in [-0.15, -0.1) is 0 Å². The highest BCUT2D eigenvalue weighted by Gasteiger charge is 2.16. The Morgan fingerprint density at radius 1 is 1.40 bits per heavy atom. The molecule has 20 heavy (non-hydrogen) atoms. The molecule has 0 unspecified atom stereocenters. The first kappa shape index (κ1) is 15.8. The van der Waals surface area contributed by atoms with E-state index in [0.29, 0.717) is 16.8 Å². The topological polar surface area (TPSA) is 57.6 Å². The molecule has 1 rings (SSSR count). The number of benzene rings is 1. The summed E-state index contributed by atoms with van der Waals surface area (Å²) in [4.78, 5) is 23.5. The highest BCUT2D eigenvalue weighted by Crippen LogP contribution is 2.22. The molecule has 0 aliphatic rings. The second-order valence-electron chi connectivity index (χ2n) is 5.53. The molecule has 0 saturated heterocycles. The van der Waals surface area contributed by atoms with Crippen LogP contribution in [0.5, 0.6) is 0 Å². The van der Waals surface area contributed by atoms with E-state index in [1.54, 1.807) is 25.1 Å². The van der Waals surface area contributed by atoms with Crippen molar-refractivity contribution < 1.29 is 14.7 Å². The van der Waals surface area contributed by atoms with Crippen molar-refractivity contribution in [3.8, 4) is 11.8 Å². The zero-order valence-electron chi connectivity index (χ0n) is 12.2. The van der Waals surface area contributed by atoms with Gasteiger partial charge >= 0.3 is 6.09 Å². The van der Waals surface area contributed by atoms with Crippen LogP contribution in [-0.2, 0) is 0 Å². The number of carbonyl (C=O) groups is 2. The summed E-state index contributed by atoms with van der Waals surface area (Å²) in [5.41, 5.74) is 1.44. The minimum Gasteiger partial charge on any atom is -0.465 e. The maximum absolute atomic E-state index is 11.4. The molecule has 1 aromatic carbocycles. The molecule has 0 aromatic heterocycles. The van der Waals surface area contributed by atoms with Gasteiger partial charge in [0.2, 0.25) is 0 Å². The van der Waals surface area contributed by atoms with E-state index < -0.39 is 6.09 Å². The highest BCUT2D eigenvalue weighted by molar-refractivity contribution is 5.90. The van der Waals surface area contributed by atoms with Crippen molar-refractivity contribution in [3.63, 3.8) is 0 Å². The number of amides is 1. The average molecular weight is 273 g/mol. The SMILES string of the molecule is Cc1c(C=O)cccc1N(CC#CC(C)(C)C)C(=O)O. The molecule has 106 valence electrons. The zero-order valence-corrected chi connectivity index (χ0v) is 12.2. The third-order valence-electron chi connectivity index (χ3n) is 2.70. The average Bonchev–Trinajstić information content (AvgIpc) is 2.34. The Labute approximate surface area is 119 Å². The van der Waals surface area contributed by atoms with Gasteiger partial charge in [-0.2, -0.15) is 0 Å². The largest absolute Gasteiger partial charge is 0.465 e. The van der Waals surface area contributed by atoms with Crippen molar-refractivity contribution >= 4 is 18.1 Å². The number of anilines is 1. The third kappa shape index (κ3) is 4.13. The first-order chi connectivity index (χ1) is 9.26. The number of nitrogens with zero attached hydrogens (tertiary/aromatic N) is 1.